The summed E-state index contributed by atoms with van der Waals surface area (Å²) in [6, 6.07) is 7.02. The van der Waals surface area contributed by atoms with Gasteiger partial charge in [-0.2, -0.15) is 18.7 Å². The predicted molar refractivity (Wildman–Crippen MR) is 98.8 cm³/mol. The molecule has 2 N–H and O–H groups in total. The van der Waals surface area contributed by atoms with E-state index in [1.165, 1.54) is 24.3 Å². The Morgan fingerprint density at radius 1 is 1.10 bits per heavy atom. The van der Waals surface area contributed by atoms with Gasteiger partial charge in [0, 0.05) is 17.5 Å². The molecule has 1 aromatic carbocycles. The molecule has 0 atom stereocenters. The van der Waals surface area contributed by atoms with E-state index in [-0.39, 0.29) is 16.2 Å². The van der Waals surface area contributed by atoms with Crippen molar-refractivity contribution in [2.75, 3.05) is 18.9 Å². The van der Waals surface area contributed by atoms with Crippen molar-refractivity contribution in [2.45, 2.75) is 11.5 Å². The van der Waals surface area contributed by atoms with Gasteiger partial charge in [-0.15, -0.1) is 0 Å². The second-order valence-electron chi connectivity index (χ2n) is 5.61. The number of halogens is 3. The van der Waals surface area contributed by atoms with Crippen LogP contribution < -0.4 is 18.9 Å². The van der Waals surface area contributed by atoms with Crippen molar-refractivity contribution in [3.63, 3.8) is 0 Å². The Morgan fingerprint density at radius 2 is 1.73 bits per heavy atom. The Hall–Kier alpha value is -3.48. The minimum absolute atomic E-state index is 0.173. The topological polar surface area (TPSA) is 115 Å². The fourth-order valence-corrected chi connectivity index (χ4v) is 3.40. The van der Waals surface area contributed by atoms with Crippen LogP contribution in [-0.2, 0) is 10.0 Å². The number of sulfonamides is 1. The summed E-state index contributed by atoms with van der Waals surface area (Å²) < 4.78 is 80.5. The van der Waals surface area contributed by atoms with Gasteiger partial charge in [-0.1, -0.05) is 12.1 Å². The Bertz CT molecular complexity index is 1130. The highest BCUT2D eigenvalue weighted by atomic mass is 32.2. The number of benzene rings is 1. The van der Waals surface area contributed by atoms with Crippen LogP contribution >= 0.6 is 0 Å². The number of H-pyrrole nitrogens is 1. The number of ether oxygens (including phenoxy) is 3. The van der Waals surface area contributed by atoms with Crippen LogP contribution in [0.15, 0.2) is 41.4 Å². The molecule has 0 saturated heterocycles. The Balaban J connectivity index is 1.93. The molecular weight excluding hydrogens is 429 g/mol. The van der Waals surface area contributed by atoms with Gasteiger partial charge in [-0.25, -0.2) is 17.5 Å². The number of nitrogens with one attached hydrogen (secondary N) is 2. The van der Waals surface area contributed by atoms with Crippen LogP contribution in [0.2, 0.25) is 0 Å². The van der Waals surface area contributed by atoms with E-state index < -0.39 is 45.9 Å². The molecule has 0 aliphatic carbocycles. The standard InChI is InChI=1S/C17H15F3N4O5S/c1-27-14-13(29-16(19)20)15(28-2)23-17(22-14)24-30(25,26)9-7-12(21-8-9)10-5-3-4-6-11(10)18/h3-8,16,21H,1-2H3,(H,22,23,24). The van der Waals surface area contributed by atoms with Gasteiger partial charge < -0.3 is 19.2 Å². The van der Waals surface area contributed by atoms with Gasteiger partial charge in [-0.3, -0.25) is 0 Å². The average molecular weight is 444 g/mol. The largest absolute Gasteiger partial charge is 0.478 e. The number of hydrogen-bond acceptors (Lipinski definition) is 7. The number of aromatic nitrogens is 3. The van der Waals surface area contributed by atoms with Crippen LogP contribution in [0.5, 0.6) is 17.5 Å². The minimum Gasteiger partial charge on any atom is -0.478 e. The van der Waals surface area contributed by atoms with Crippen LogP contribution in [0.3, 0.4) is 0 Å². The third-order valence-electron chi connectivity index (χ3n) is 3.75. The zero-order chi connectivity index (χ0) is 21.9. The monoisotopic (exact) mass is 444 g/mol. The lowest BCUT2D eigenvalue weighted by Gasteiger charge is -2.13. The van der Waals surface area contributed by atoms with Crippen molar-refractivity contribution >= 4 is 16.0 Å². The Labute approximate surface area is 168 Å². The third kappa shape index (κ3) is 4.40. The van der Waals surface area contributed by atoms with E-state index in [1.54, 1.807) is 6.07 Å². The van der Waals surface area contributed by atoms with E-state index in [2.05, 4.69) is 24.4 Å². The number of hydrogen-bond donors (Lipinski definition) is 2. The van der Waals surface area contributed by atoms with Crippen molar-refractivity contribution in [3.8, 4) is 28.8 Å². The van der Waals surface area contributed by atoms with Gasteiger partial charge in [0.15, 0.2) is 0 Å². The molecule has 3 rings (SSSR count). The van der Waals surface area contributed by atoms with Gasteiger partial charge in [0.25, 0.3) is 21.8 Å². The van der Waals surface area contributed by atoms with Gasteiger partial charge in [0.2, 0.25) is 11.7 Å². The average Bonchev–Trinajstić information content (AvgIpc) is 3.19. The summed E-state index contributed by atoms with van der Waals surface area (Å²) in [7, 11) is -2.00. The molecule has 0 spiro atoms. The van der Waals surface area contributed by atoms with Gasteiger partial charge in [0.1, 0.15) is 10.7 Å². The second kappa shape index (κ2) is 8.49. The number of rotatable bonds is 8. The predicted octanol–water partition coefficient (Wildman–Crippen LogP) is 3.03. The van der Waals surface area contributed by atoms with Crippen molar-refractivity contribution < 1.29 is 35.8 Å². The molecule has 3 aromatic rings. The van der Waals surface area contributed by atoms with E-state index >= 15 is 0 Å². The summed E-state index contributed by atoms with van der Waals surface area (Å²) in [5, 5.41) is 0. The molecule has 13 heteroatoms. The molecule has 0 aliphatic rings. The number of anilines is 1. The van der Waals surface area contributed by atoms with Crippen molar-refractivity contribution in [2.24, 2.45) is 0 Å². The molecule has 30 heavy (non-hydrogen) atoms. The molecular formula is C17H15F3N4O5S. The first kappa shape index (κ1) is 21.2. The first-order valence-electron chi connectivity index (χ1n) is 8.16. The first-order chi connectivity index (χ1) is 14.2. The van der Waals surface area contributed by atoms with Crippen molar-refractivity contribution in [3.05, 3.63) is 42.3 Å². The van der Waals surface area contributed by atoms with Crippen molar-refractivity contribution in [1.82, 2.24) is 15.0 Å². The SMILES string of the molecule is COc1nc(NS(=O)(=O)c2c[nH]c(-c3ccccc3F)c2)nc(OC)c1OC(F)F. The van der Waals surface area contributed by atoms with Crippen molar-refractivity contribution in [1.29, 1.82) is 0 Å². The highest BCUT2D eigenvalue weighted by molar-refractivity contribution is 7.92. The fourth-order valence-electron chi connectivity index (χ4n) is 2.47. The second-order valence-corrected chi connectivity index (χ2v) is 7.29. The van der Waals surface area contributed by atoms with Crippen LogP contribution in [0, 0.1) is 5.82 Å². The quantitative estimate of drug-likeness (QED) is 0.549. The van der Waals surface area contributed by atoms with Crippen LogP contribution in [-0.4, -0.2) is 44.2 Å². The maximum atomic E-state index is 13.9. The maximum absolute atomic E-state index is 13.9. The first-order valence-corrected chi connectivity index (χ1v) is 9.64. The Morgan fingerprint density at radius 3 is 2.30 bits per heavy atom. The molecule has 9 nitrogen and oxygen atoms in total. The molecule has 0 amide bonds. The van der Waals surface area contributed by atoms with E-state index in [4.69, 9.17) is 9.47 Å². The number of methoxy groups -OCH3 is 2. The minimum atomic E-state index is -4.23. The molecule has 0 radical (unpaired) electrons. The summed E-state index contributed by atoms with van der Waals surface area (Å²) >= 11 is 0. The van der Waals surface area contributed by atoms with Gasteiger partial charge in [0.05, 0.1) is 14.2 Å². The molecule has 0 aliphatic heterocycles. The Kier molecular flexibility index (Phi) is 6.01. The lowest BCUT2D eigenvalue weighted by atomic mass is 10.1. The van der Waals surface area contributed by atoms with Crippen LogP contribution in [0.25, 0.3) is 11.3 Å². The van der Waals surface area contributed by atoms with E-state index in [9.17, 15) is 21.6 Å². The van der Waals surface area contributed by atoms with Crippen LogP contribution in [0.1, 0.15) is 0 Å². The zero-order valence-corrected chi connectivity index (χ0v) is 16.3. The molecule has 160 valence electrons. The summed E-state index contributed by atoms with van der Waals surface area (Å²) in [4.78, 5) is 9.86. The lowest BCUT2D eigenvalue weighted by molar-refractivity contribution is -0.0533. The summed E-state index contributed by atoms with van der Waals surface area (Å²) in [6.45, 7) is -3.21. The summed E-state index contributed by atoms with van der Waals surface area (Å²) in [5.41, 5.74) is 0.400. The molecule has 2 aromatic heterocycles. The van der Waals surface area contributed by atoms with Gasteiger partial charge >= 0.3 is 6.61 Å². The number of aromatic amines is 1. The summed E-state index contributed by atoms with van der Waals surface area (Å²) in [6.07, 6.45) is 1.15. The molecule has 0 unspecified atom stereocenters. The van der Waals surface area contributed by atoms with E-state index in [1.807, 2.05) is 0 Å². The molecule has 0 bridgehead atoms. The third-order valence-corrected chi connectivity index (χ3v) is 5.06. The number of alkyl halides is 2. The lowest BCUT2D eigenvalue weighted by Crippen LogP contribution is -2.16. The number of nitrogens with zero attached hydrogens (tertiary/aromatic N) is 2. The summed E-state index contributed by atoms with van der Waals surface area (Å²) in [5.74, 6) is -2.59. The van der Waals surface area contributed by atoms with E-state index in [0.29, 0.717) is 0 Å². The van der Waals surface area contributed by atoms with Gasteiger partial charge in [-0.05, 0) is 18.2 Å². The molecule has 0 saturated carbocycles. The maximum Gasteiger partial charge on any atom is 0.387 e. The fraction of sp³-hybridized carbons (Fsp3) is 0.176. The molecule has 0 fully saturated rings. The normalized spacial score (nSPS) is 11.4. The molecule has 2 heterocycles. The zero-order valence-electron chi connectivity index (χ0n) is 15.5. The van der Waals surface area contributed by atoms with E-state index in [0.717, 1.165) is 20.4 Å². The smallest absolute Gasteiger partial charge is 0.387 e. The highest BCUT2D eigenvalue weighted by Gasteiger charge is 2.24. The highest BCUT2D eigenvalue weighted by Crippen LogP contribution is 2.36. The van der Waals surface area contributed by atoms with Crippen LogP contribution in [0.4, 0.5) is 19.1 Å².